The standard InChI is InChI=1S/C25H24O5/c1-2-28-23-12-6-11-21(18-23)25(27)30-22-15-13-20(14-16-22)24(26)29-17-7-10-19-8-4-3-5-9-19/h3-6,8-9,11-16,18H,2,7,10,17H2,1H3. The first-order chi connectivity index (χ1) is 14.7. The number of benzene rings is 3. The van der Waals surface area contributed by atoms with E-state index in [1.54, 1.807) is 48.5 Å². The number of esters is 2. The molecule has 154 valence electrons. The minimum absolute atomic E-state index is 0.348. The third kappa shape index (κ3) is 6.21. The molecule has 0 amide bonds. The fourth-order valence-corrected chi connectivity index (χ4v) is 2.87. The van der Waals surface area contributed by atoms with Crippen LogP contribution in [0.2, 0.25) is 0 Å². The molecule has 0 fully saturated rings. The number of ether oxygens (including phenoxy) is 3. The van der Waals surface area contributed by atoms with Gasteiger partial charge in [-0.25, -0.2) is 9.59 Å². The lowest BCUT2D eigenvalue weighted by Gasteiger charge is -2.08. The second-order valence-electron chi connectivity index (χ2n) is 6.60. The van der Waals surface area contributed by atoms with Gasteiger partial charge in [0.25, 0.3) is 0 Å². The first kappa shape index (κ1) is 21.1. The quantitative estimate of drug-likeness (QED) is 0.282. The Balaban J connectivity index is 1.48. The molecular weight excluding hydrogens is 380 g/mol. The van der Waals surface area contributed by atoms with E-state index in [1.165, 1.54) is 5.56 Å². The molecule has 0 bridgehead atoms. The maximum atomic E-state index is 12.3. The summed E-state index contributed by atoms with van der Waals surface area (Å²) >= 11 is 0. The van der Waals surface area contributed by atoms with E-state index in [0.717, 1.165) is 12.8 Å². The first-order valence-electron chi connectivity index (χ1n) is 9.92. The van der Waals surface area contributed by atoms with Crippen LogP contribution in [0.25, 0.3) is 0 Å². The molecule has 0 aliphatic heterocycles. The summed E-state index contributed by atoms with van der Waals surface area (Å²) in [5.41, 5.74) is 2.02. The van der Waals surface area contributed by atoms with Crippen LogP contribution >= 0.6 is 0 Å². The van der Waals surface area contributed by atoms with Crippen LogP contribution in [-0.2, 0) is 11.2 Å². The molecule has 30 heavy (non-hydrogen) atoms. The Kier molecular flexibility index (Phi) is 7.61. The van der Waals surface area contributed by atoms with Gasteiger partial charge in [-0.3, -0.25) is 0 Å². The lowest BCUT2D eigenvalue weighted by molar-refractivity contribution is 0.0500. The van der Waals surface area contributed by atoms with Gasteiger partial charge in [-0.05, 0) is 67.8 Å². The number of aryl methyl sites for hydroxylation is 1. The molecule has 0 aliphatic rings. The average Bonchev–Trinajstić information content (AvgIpc) is 2.78. The first-order valence-corrected chi connectivity index (χ1v) is 9.92. The third-order valence-corrected chi connectivity index (χ3v) is 4.37. The Morgan fingerprint density at radius 3 is 2.27 bits per heavy atom. The van der Waals surface area contributed by atoms with Crippen LogP contribution in [0, 0.1) is 0 Å². The van der Waals surface area contributed by atoms with Crippen LogP contribution in [0.1, 0.15) is 39.6 Å². The molecule has 0 radical (unpaired) electrons. The molecule has 5 heteroatoms. The molecule has 0 aliphatic carbocycles. The molecule has 0 saturated heterocycles. The van der Waals surface area contributed by atoms with E-state index >= 15 is 0 Å². The normalized spacial score (nSPS) is 10.3. The van der Waals surface area contributed by atoms with Crippen molar-refractivity contribution in [2.75, 3.05) is 13.2 Å². The van der Waals surface area contributed by atoms with Gasteiger partial charge in [0.2, 0.25) is 0 Å². The summed E-state index contributed by atoms with van der Waals surface area (Å²) in [6.45, 7) is 2.74. The Morgan fingerprint density at radius 1 is 0.767 bits per heavy atom. The monoisotopic (exact) mass is 404 g/mol. The summed E-state index contributed by atoms with van der Waals surface area (Å²) in [7, 11) is 0. The summed E-state index contributed by atoms with van der Waals surface area (Å²) in [5, 5.41) is 0. The van der Waals surface area contributed by atoms with Gasteiger partial charge < -0.3 is 14.2 Å². The molecule has 0 atom stereocenters. The van der Waals surface area contributed by atoms with Gasteiger partial charge in [-0.15, -0.1) is 0 Å². The summed E-state index contributed by atoms with van der Waals surface area (Å²) in [6.07, 6.45) is 1.61. The zero-order chi connectivity index (χ0) is 21.2. The largest absolute Gasteiger partial charge is 0.494 e. The highest BCUT2D eigenvalue weighted by molar-refractivity contribution is 5.92. The molecule has 5 nitrogen and oxygen atoms in total. The van der Waals surface area contributed by atoms with Crippen molar-refractivity contribution in [1.82, 2.24) is 0 Å². The van der Waals surface area contributed by atoms with Crippen molar-refractivity contribution in [3.8, 4) is 11.5 Å². The SMILES string of the molecule is CCOc1cccc(C(=O)Oc2ccc(C(=O)OCCCc3ccccc3)cc2)c1. The maximum Gasteiger partial charge on any atom is 0.343 e. The smallest absolute Gasteiger partial charge is 0.343 e. The van der Waals surface area contributed by atoms with Gasteiger partial charge in [-0.1, -0.05) is 36.4 Å². The van der Waals surface area contributed by atoms with E-state index in [0.29, 0.717) is 35.8 Å². The molecule has 0 saturated carbocycles. The lowest BCUT2D eigenvalue weighted by Crippen LogP contribution is -2.10. The van der Waals surface area contributed by atoms with Crippen molar-refractivity contribution in [1.29, 1.82) is 0 Å². The molecule has 0 unspecified atom stereocenters. The Hall–Kier alpha value is -3.60. The van der Waals surface area contributed by atoms with Gasteiger partial charge in [0.05, 0.1) is 24.3 Å². The molecule has 3 aromatic carbocycles. The zero-order valence-corrected chi connectivity index (χ0v) is 16.9. The second kappa shape index (κ2) is 10.8. The van der Waals surface area contributed by atoms with E-state index in [9.17, 15) is 9.59 Å². The predicted molar refractivity (Wildman–Crippen MR) is 114 cm³/mol. The molecule has 0 heterocycles. The van der Waals surface area contributed by atoms with Crippen molar-refractivity contribution in [2.24, 2.45) is 0 Å². The molecule has 3 aromatic rings. The van der Waals surface area contributed by atoms with Crippen molar-refractivity contribution in [2.45, 2.75) is 19.8 Å². The summed E-state index contributed by atoms with van der Waals surface area (Å²) < 4.78 is 16.1. The predicted octanol–water partition coefficient (Wildman–Crippen LogP) is 5.09. The van der Waals surface area contributed by atoms with E-state index in [1.807, 2.05) is 25.1 Å². The van der Waals surface area contributed by atoms with Gasteiger partial charge in [0.15, 0.2) is 0 Å². The fourth-order valence-electron chi connectivity index (χ4n) is 2.87. The summed E-state index contributed by atoms with van der Waals surface area (Å²) in [4.78, 5) is 24.5. The van der Waals surface area contributed by atoms with Gasteiger partial charge in [0, 0.05) is 0 Å². The third-order valence-electron chi connectivity index (χ3n) is 4.37. The average molecular weight is 404 g/mol. The number of hydrogen-bond acceptors (Lipinski definition) is 5. The molecule has 0 aromatic heterocycles. The summed E-state index contributed by atoms with van der Waals surface area (Å²) in [6, 6.07) is 23.2. The Labute approximate surface area is 176 Å². The van der Waals surface area contributed by atoms with Crippen LogP contribution in [0.5, 0.6) is 11.5 Å². The van der Waals surface area contributed by atoms with Crippen LogP contribution in [-0.4, -0.2) is 25.2 Å². The van der Waals surface area contributed by atoms with E-state index in [-0.39, 0.29) is 0 Å². The highest BCUT2D eigenvalue weighted by Crippen LogP contribution is 2.18. The zero-order valence-electron chi connectivity index (χ0n) is 16.9. The van der Waals surface area contributed by atoms with Gasteiger partial charge in [-0.2, -0.15) is 0 Å². The minimum atomic E-state index is -0.493. The molecular formula is C25H24O5. The maximum absolute atomic E-state index is 12.3. The van der Waals surface area contributed by atoms with Crippen molar-refractivity contribution < 1.29 is 23.8 Å². The van der Waals surface area contributed by atoms with Crippen LogP contribution in [0.3, 0.4) is 0 Å². The highest BCUT2D eigenvalue weighted by Gasteiger charge is 2.11. The topological polar surface area (TPSA) is 61.8 Å². The minimum Gasteiger partial charge on any atom is -0.494 e. The Morgan fingerprint density at radius 2 is 1.53 bits per heavy atom. The number of rotatable bonds is 9. The number of carbonyl (C=O) groups is 2. The van der Waals surface area contributed by atoms with E-state index in [2.05, 4.69) is 12.1 Å². The molecule has 0 N–H and O–H groups in total. The molecule has 0 spiro atoms. The van der Waals surface area contributed by atoms with Crippen LogP contribution < -0.4 is 9.47 Å². The number of hydrogen-bond donors (Lipinski definition) is 0. The van der Waals surface area contributed by atoms with Crippen molar-refractivity contribution in [3.63, 3.8) is 0 Å². The fraction of sp³-hybridized carbons (Fsp3) is 0.200. The molecule has 3 rings (SSSR count). The van der Waals surface area contributed by atoms with E-state index < -0.39 is 11.9 Å². The Bertz CT molecular complexity index is 964. The lowest BCUT2D eigenvalue weighted by atomic mass is 10.1. The second-order valence-corrected chi connectivity index (χ2v) is 6.60. The van der Waals surface area contributed by atoms with Crippen LogP contribution in [0.4, 0.5) is 0 Å². The highest BCUT2D eigenvalue weighted by atomic mass is 16.5. The summed E-state index contributed by atoms with van der Waals surface area (Å²) in [5.74, 6) is 0.0675. The van der Waals surface area contributed by atoms with Gasteiger partial charge in [0.1, 0.15) is 11.5 Å². The van der Waals surface area contributed by atoms with Crippen LogP contribution in [0.15, 0.2) is 78.9 Å². The van der Waals surface area contributed by atoms with Crippen molar-refractivity contribution in [3.05, 3.63) is 95.6 Å². The van der Waals surface area contributed by atoms with E-state index in [4.69, 9.17) is 14.2 Å². The van der Waals surface area contributed by atoms with Crippen molar-refractivity contribution >= 4 is 11.9 Å². The number of carbonyl (C=O) groups excluding carboxylic acids is 2. The van der Waals surface area contributed by atoms with Gasteiger partial charge >= 0.3 is 11.9 Å².